The predicted octanol–water partition coefficient (Wildman–Crippen LogP) is 2.38. The van der Waals surface area contributed by atoms with Crippen molar-refractivity contribution < 1.29 is 14.3 Å². The molecule has 24 heavy (non-hydrogen) atoms. The van der Waals surface area contributed by atoms with Gasteiger partial charge in [-0.05, 0) is 59.9 Å². The second-order valence-electron chi connectivity index (χ2n) is 8.09. The molecule has 0 unspecified atom stereocenters. The number of amides is 2. The van der Waals surface area contributed by atoms with Crippen molar-refractivity contribution in [3.05, 3.63) is 0 Å². The first-order valence-electron chi connectivity index (χ1n) is 9.19. The van der Waals surface area contributed by atoms with E-state index in [2.05, 4.69) is 17.3 Å². The maximum absolute atomic E-state index is 12.9. The van der Waals surface area contributed by atoms with Crippen LogP contribution in [0.5, 0.6) is 0 Å². The van der Waals surface area contributed by atoms with Crippen LogP contribution >= 0.6 is 0 Å². The van der Waals surface area contributed by atoms with Crippen LogP contribution in [0.25, 0.3) is 0 Å². The quantitative estimate of drug-likeness (QED) is 0.807. The number of rotatable bonds is 6. The van der Waals surface area contributed by atoms with Gasteiger partial charge in [-0.1, -0.05) is 6.92 Å². The van der Waals surface area contributed by atoms with Gasteiger partial charge in [-0.25, -0.2) is 4.79 Å². The maximum Gasteiger partial charge on any atom is 0.411 e. The molecule has 6 heteroatoms. The Hall–Kier alpha value is -1.30. The molecule has 1 aliphatic carbocycles. The van der Waals surface area contributed by atoms with E-state index in [9.17, 15) is 9.59 Å². The summed E-state index contributed by atoms with van der Waals surface area (Å²) < 4.78 is 5.51. The smallest absolute Gasteiger partial charge is 0.411 e. The molecule has 0 aromatic heterocycles. The molecule has 0 bridgehead atoms. The van der Waals surface area contributed by atoms with Gasteiger partial charge in [-0.2, -0.15) is 0 Å². The highest BCUT2D eigenvalue weighted by Crippen LogP contribution is 2.34. The van der Waals surface area contributed by atoms with E-state index in [0.29, 0.717) is 32.0 Å². The zero-order chi connectivity index (χ0) is 18.0. The molecule has 1 N–H and O–H groups in total. The van der Waals surface area contributed by atoms with Crippen LogP contribution in [0, 0.1) is 0 Å². The Morgan fingerprint density at radius 2 is 2.00 bits per heavy atom. The van der Waals surface area contributed by atoms with Crippen molar-refractivity contribution in [2.45, 2.75) is 77.0 Å². The van der Waals surface area contributed by atoms with Gasteiger partial charge in [0.15, 0.2) is 0 Å². The third-order valence-corrected chi connectivity index (χ3v) is 5.03. The first-order valence-corrected chi connectivity index (χ1v) is 9.19. The Kier molecular flexibility index (Phi) is 5.78. The third-order valence-electron chi connectivity index (χ3n) is 5.03. The van der Waals surface area contributed by atoms with Crippen LogP contribution in [-0.2, 0) is 9.53 Å². The van der Waals surface area contributed by atoms with Crippen molar-refractivity contribution in [3.63, 3.8) is 0 Å². The minimum Gasteiger partial charge on any atom is -0.444 e. The Labute approximate surface area is 145 Å². The van der Waals surface area contributed by atoms with Gasteiger partial charge >= 0.3 is 6.09 Å². The average Bonchev–Trinajstić information content (AvgIpc) is 3.24. The number of carbonyl (C=O) groups excluding carboxylic acids is 2. The van der Waals surface area contributed by atoms with Gasteiger partial charge in [0.25, 0.3) is 0 Å². The Morgan fingerprint density at radius 3 is 2.54 bits per heavy atom. The van der Waals surface area contributed by atoms with E-state index in [1.54, 1.807) is 4.90 Å². The lowest BCUT2D eigenvalue weighted by Crippen LogP contribution is -2.58. The molecule has 1 heterocycles. The largest absolute Gasteiger partial charge is 0.444 e. The molecule has 6 nitrogen and oxygen atoms in total. The van der Waals surface area contributed by atoms with Gasteiger partial charge in [-0.15, -0.1) is 0 Å². The fourth-order valence-electron chi connectivity index (χ4n) is 3.43. The molecule has 0 spiro atoms. The molecule has 2 rings (SSSR count). The monoisotopic (exact) mass is 339 g/mol. The summed E-state index contributed by atoms with van der Waals surface area (Å²) in [6, 6.07) is 0.687. The van der Waals surface area contributed by atoms with Gasteiger partial charge in [0.05, 0.1) is 0 Å². The topological polar surface area (TPSA) is 61.9 Å². The normalized spacial score (nSPS) is 24.3. The molecule has 1 saturated heterocycles. The Balaban J connectivity index is 1.96. The first kappa shape index (κ1) is 19.0. The lowest BCUT2D eigenvalue weighted by atomic mass is 9.92. The number of likely N-dealkylation sites (tertiary alicyclic amines) is 1. The Morgan fingerprint density at radius 1 is 1.33 bits per heavy atom. The fourth-order valence-corrected chi connectivity index (χ4v) is 3.43. The summed E-state index contributed by atoms with van der Waals surface area (Å²) in [5.74, 6) is -0.0439. The van der Waals surface area contributed by atoms with Crippen LogP contribution < -0.4 is 5.32 Å². The molecule has 138 valence electrons. The minimum absolute atomic E-state index is 0.0439. The molecule has 1 aliphatic heterocycles. The fraction of sp³-hybridized carbons (Fsp3) is 0.889. The summed E-state index contributed by atoms with van der Waals surface area (Å²) in [5, 5.41) is 3.05. The molecule has 1 atom stereocenters. The van der Waals surface area contributed by atoms with Gasteiger partial charge < -0.3 is 15.0 Å². The van der Waals surface area contributed by atoms with E-state index >= 15 is 0 Å². The molecule has 0 aromatic carbocycles. The van der Waals surface area contributed by atoms with Crippen molar-refractivity contribution in [2.24, 2.45) is 0 Å². The van der Waals surface area contributed by atoms with Crippen LogP contribution in [0.1, 0.15) is 59.8 Å². The Bertz CT molecular complexity index is 471. The summed E-state index contributed by atoms with van der Waals surface area (Å²) in [7, 11) is 2.10. The first-order chi connectivity index (χ1) is 11.2. The molecular weight excluding hydrogens is 306 g/mol. The summed E-state index contributed by atoms with van der Waals surface area (Å²) in [4.78, 5) is 29.3. The highest BCUT2D eigenvalue weighted by molar-refractivity contribution is 5.90. The van der Waals surface area contributed by atoms with Crippen LogP contribution in [0.2, 0.25) is 0 Å². The van der Waals surface area contributed by atoms with Crippen LogP contribution in [0.3, 0.4) is 0 Å². The zero-order valence-corrected chi connectivity index (χ0v) is 15.9. The van der Waals surface area contributed by atoms with Gasteiger partial charge in [-0.3, -0.25) is 9.69 Å². The molecule has 1 saturated carbocycles. The van der Waals surface area contributed by atoms with E-state index in [1.807, 2.05) is 27.7 Å². The highest BCUT2D eigenvalue weighted by atomic mass is 16.6. The second-order valence-corrected chi connectivity index (χ2v) is 8.09. The lowest BCUT2D eigenvalue weighted by Gasteiger charge is -2.37. The number of hydrogen-bond donors (Lipinski definition) is 1. The van der Waals surface area contributed by atoms with E-state index in [0.717, 1.165) is 13.0 Å². The van der Waals surface area contributed by atoms with E-state index in [1.165, 1.54) is 12.8 Å². The lowest BCUT2D eigenvalue weighted by molar-refractivity contribution is -0.132. The average molecular weight is 339 g/mol. The van der Waals surface area contributed by atoms with Crippen LogP contribution in [-0.4, -0.2) is 65.7 Å². The van der Waals surface area contributed by atoms with Gasteiger partial charge in [0.1, 0.15) is 11.1 Å². The predicted molar refractivity (Wildman–Crippen MR) is 93.9 cm³/mol. The molecule has 0 aromatic rings. The number of nitrogens with zero attached hydrogens (tertiary/aromatic N) is 2. The van der Waals surface area contributed by atoms with E-state index < -0.39 is 11.1 Å². The summed E-state index contributed by atoms with van der Waals surface area (Å²) in [6.07, 6.45) is 4.28. The summed E-state index contributed by atoms with van der Waals surface area (Å²) in [5.41, 5.74) is -1.32. The standard InChI is InChI=1S/C18H33N3O3/c1-6-18(15(22)19-11-13-20(5)14-8-9-14)10-7-12-21(18)16(23)24-17(2,3)4/h14H,6-13H2,1-5H3,(H,19,22)/t18-/m1/s1. The van der Waals surface area contributed by atoms with Crippen molar-refractivity contribution >= 4 is 12.0 Å². The van der Waals surface area contributed by atoms with Gasteiger partial charge in [0.2, 0.25) is 5.91 Å². The summed E-state index contributed by atoms with van der Waals surface area (Å²) >= 11 is 0. The van der Waals surface area contributed by atoms with Crippen LogP contribution in [0.4, 0.5) is 4.79 Å². The minimum atomic E-state index is -0.763. The van der Waals surface area contributed by atoms with Gasteiger partial charge in [0, 0.05) is 25.7 Å². The van der Waals surface area contributed by atoms with Crippen molar-refractivity contribution in [2.75, 3.05) is 26.7 Å². The van der Waals surface area contributed by atoms with Crippen molar-refractivity contribution in [1.29, 1.82) is 0 Å². The molecular formula is C18H33N3O3. The van der Waals surface area contributed by atoms with E-state index in [-0.39, 0.29) is 12.0 Å². The van der Waals surface area contributed by atoms with Crippen molar-refractivity contribution in [1.82, 2.24) is 15.1 Å². The number of carbonyl (C=O) groups is 2. The second kappa shape index (κ2) is 7.30. The third kappa shape index (κ3) is 4.41. The number of likely N-dealkylation sites (N-methyl/N-ethyl adjacent to an activating group) is 1. The van der Waals surface area contributed by atoms with E-state index in [4.69, 9.17) is 4.74 Å². The SMILES string of the molecule is CC[C@]1(C(=O)NCCN(C)C2CC2)CCCN1C(=O)OC(C)(C)C. The number of nitrogens with one attached hydrogen (secondary N) is 1. The summed E-state index contributed by atoms with van der Waals surface area (Å²) in [6.45, 7) is 9.57. The maximum atomic E-state index is 12.9. The molecule has 0 radical (unpaired) electrons. The zero-order valence-electron chi connectivity index (χ0n) is 15.9. The number of hydrogen-bond acceptors (Lipinski definition) is 4. The molecule has 2 aliphatic rings. The molecule has 2 fully saturated rings. The van der Waals surface area contributed by atoms with Crippen LogP contribution in [0.15, 0.2) is 0 Å². The van der Waals surface area contributed by atoms with Crippen molar-refractivity contribution in [3.8, 4) is 0 Å². The highest BCUT2D eigenvalue weighted by Gasteiger charge is 2.49. The molecule has 2 amide bonds. The number of ether oxygens (including phenoxy) is 1.